The summed E-state index contributed by atoms with van der Waals surface area (Å²) >= 11 is 1.53. The van der Waals surface area contributed by atoms with Gasteiger partial charge < -0.3 is 10.2 Å². The summed E-state index contributed by atoms with van der Waals surface area (Å²) in [6, 6.07) is 11.2. The number of rotatable bonds is 4. The van der Waals surface area contributed by atoms with Crippen molar-refractivity contribution in [1.82, 2.24) is 10.2 Å². The Morgan fingerprint density at radius 1 is 1.09 bits per heavy atom. The number of carbonyl (C=O) groups excluding carboxylic acids is 2. The molecule has 1 aromatic heterocycles. The van der Waals surface area contributed by atoms with Crippen molar-refractivity contribution in [1.29, 1.82) is 0 Å². The summed E-state index contributed by atoms with van der Waals surface area (Å²) in [6.07, 6.45) is 1.87. The van der Waals surface area contributed by atoms with E-state index in [-0.39, 0.29) is 11.8 Å². The topological polar surface area (TPSA) is 49.4 Å². The van der Waals surface area contributed by atoms with Crippen molar-refractivity contribution in [2.45, 2.75) is 12.8 Å². The third-order valence-corrected chi connectivity index (χ3v) is 4.94. The normalized spacial score (nSPS) is 15.4. The molecule has 1 aliphatic rings. The summed E-state index contributed by atoms with van der Waals surface area (Å²) < 4.78 is 0. The molecule has 2 heterocycles. The van der Waals surface area contributed by atoms with Gasteiger partial charge in [-0.15, -0.1) is 0 Å². The number of amides is 2. The largest absolute Gasteiger partial charge is 0.352 e. The Morgan fingerprint density at radius 2 is 1.83 bits per heavy atom. The van der Waals surface area contributed by atoms with Crippen molar-refractivity contribution < 1.29 is 9.59 Å². The number of likely N-dealkylation sites (tertiary alicyclic amines) is 1. The number of hydrogen-bond acceptors (Lipinski definition) is 3. The van der Waals surface area contributed by atoms with Gasteiger partial charge in [0.25, 0.3) is 11.8 Å². The molecule has 5 heteroatoms. The summed E-state index contributed by atoms with van der Waals surface area (Å²) in [6.45, 7) is 2.20. The molecule has 0 spiro atoms. The molecular weight excluding hydrogens is 308 g/mol. The van der Waals surface area contributed by atoms with Crippen molar-refractivity contribution in [3.05, 3.63) is 58.3 Å². The smallest absolute Gasteiger partial charge is 0.253 e. The summed E-state index contributed by atoms with van der Waals surface area (Å²) in [4.78, 5) is 26.2. The van der Waals surface area contributed by atoms with Crippen LogP contribution in [0.15, 0.2) is 47.2 Å². The molecule has 2 aromatic rings. The van der Waals surface area contributed by atoms with E-state index < -0.39 is 0 Å². The van der Waals surface area contributed by atoms with Gasteiger partial charge >= 0.3 is 0 Å². The highest BCUT2D eigenvalue weighted by Gasteiger charge is 2.23. The molecule has 1 fully saturated rings. The molecule has 0 unspecified atom stereocenters. The highest BCUT2D eigenvalue weighted by Crippen LogP contribution is 2.18. The zero-order valence-corrected chi connectivity index (χ0v) is 13.7. The Kier molecular flexibility index (Phi) is 5.08. The minimum atomic E-state index is -0.00552. The van der Waals surface area contributed by atoms with Crippen LogP contribution < -0.4 is 5.32 Å². The maximum Gasteiger partial charge on any atom is 0.253 e. The van der Waals surface area contributed by atoms with E-state index in [1.165, 1.54) is 11.3 Å². The number of nitrogens with zero attached hydrogens (tertiary/aromatic N) is 1. The molecule has 1 aromatic carbocycles. The first-order valence-electron chi connectivity index (χ1n) is 7.89. The van der Waals surface area contributed by atoms with Gasteiger partial charge in [-0.25, -0.2) is 0 Å². The van der Waals surface area contributed by atoms with Crippen LogP contribution in [-0.2, 0) is 0 Å². The lowest BCUT2D eigenvalue weighted by molar-refractivity contribution is 0.0684. The van der Waals surface area contributed by atoms with Gasteiger partial charge in [-0.05, 0) is 42.3 Å². The molecule has 120 valence electrons. The molecule has 0 saturated carbocycles. The van der Waals surface area contributed by atoms with Crippen molar-refractivity contribution >= 4 is 23.2 Å². The van der Waals surface area contributed by atoms with Crippen LogP contribution in [0.1, 0.15) is 33.6 Å². The van der Waals surface area contributed by atoms with Crippen LogP contribution in [-0.4, -0.2) is 36.3 Å². The van der Waals surface area contributed by atoms with Crippen LogP contribution in [0.2, 0.25) is 0 Å². The van der Waals surface area contributed by atoms with E-state index in [0.29, 0.717) is 12.5 Å². The number of piperidine rings is 1. The van der Waals surface area contributed by atoms with Gasteiger partial charge in [-0.3, -0.25) is 9.59 Å². The highest BCUT2D eigenvalue weighted by molar-refractivity contribution is 7.08. The number of thiophene rings is 1. The van der Waals surface area contributed by atoms with Gasteiger partial charge in [0, 0.05) is 36.1 Å². The number of carbonyl (C=O) groups is 2. The van der Waals surface area contributed by atoms with E-state index >= 15 is 0 Å². The number of hydrogen-bond donors (Lipinski definition) is 1. The predicted molar refractivity (Wildman–Crippen MR) is 91.7 cm³/mol. The minimum absolute atomic E-state index is 0.00552. The molecule has 1 saturated heterocycles. The minimum Gasteiger partial charge on any atom is -0.352 e. The number of nitrogens with one attached hydrogen (secondary N) is 1. The summed E-state index contributed by atoms with van der Waals surface area (Å²) in [7, 11) is 0. The maximum atomic E-state index is 12.4. The lowest BCUT2D eigenvalue weighted by Crippen LogP contribution is -2.41. The Balaban J connectivity index is 1.45. The van der Waals surface area contributed by atoms with Crippen molar-refractivity contribution in [3.8, 4) is 0 Å². The van der Waals surface area contributed by atoms with E-state index in [1.807, 2.05) is 52.1 Å². The first-order chi connectivity index (χ1) is 11.2. The molecule has 0 radical (unpaired) electrons. The Hall–Kier alpha value is -2.14. The van der Waals surface area contributed by atoms with Crippen LogP contribution in [0.25, 0.3) is 0 Å². The van der Waals surface area contributed by atoms with Gasteiger partial charge in [0.05, 0.1) is 0 Å². The fourth-order valence-electron chi connectivity index (χ4n) is 2.84. The maximum absolute atomic E-state index is 12.4. The van der Waals surface area contributed by atoms with Crippen LogP contribution in [0.4, 0.5) is 0 Å². The second-order valence-corrected chi connectivity index (χ2v) is 6.60. The molecule has 1 aliphatic heterocycles. The Morgan fingerprint density at radius 3 is 2.48 bits per heavy atom. The van der Waals surface area contributed by atoms with E-state index in [1.54, 1.807) is 0 Å². The number of benzene rings is 1. The molecule has 4 nitrogen and oxygen atoms in total. The first-order valence-corrected chi connectivity index (χ1v) is 8.83. The van der Waals surface area contributed by atoms with Crippen molar-refractivity contribution in [2.24, 2.45) is 5.92 Å². The monoisotopic (exact) mass is 328 g/mol. The fraction of sp³-hybridized carbons (Fsp3) is 0.333. The molecule has 0 bridgehead atoms. The van der Waals surface area contributed by atoms with Crippen LogP contribution in [0, 0.1) is 5.92 Å². The highest BCUT2D eigenvalue weighted by atomic mass is 32.1. The molecule has 23 heavy (non-hydrogen) atoms. The van der Waals surface area contributed by atoms with Gasteiger partial charge in [0.15, 0.2) is 0 Å². The Bertz CT molecular complexity index is 647. The molecule has 0 atom stereocenters. The summed E-state index contributed by atoms with van der Waals surface area (Å²) in [5.41, 5.74) is 1.48. The molecular formula is C18H20N2O2S. The van der Waals surface area contributed by atoms with E-state index in [4.69, 9.17) is 0 Å². The molecule has 1 N–H and O–H groups in total. The second kappa shape index (κ2) is 7.42. The van der Waals surface area contributed by atoms with Gasteiger partial charge in [-0.2, -0.15) is 11.3 Å². The average Bonchev–Trinajstić information content (AvgIpc) is 3.15. The summed E-state index contributed by atoms with van der Waals surface area (Å²) in [5.74, 6) is 0.540. The second-order valence-electron chi connectivity index (χ2n) is 5.82. The molecule has 0 aliphatic carbocycles. The quantitative estimate of drug-likeness (QED) is 0.938. The zero-order valence-electron chi connectivity index (χ0n) is 12.9. The lowest BCUT2D eigenvalue weighted by Gasteiger charge is -2.32. The fourth-order valence-corrected chi connectivity index (χ4v) is 3.47. The van der Waals surface area contributed by atoms with Gasteiger partial charge in [-0.1, -0.05) is 18.2 Å². The van der Waals surface area contributed by atoms with Crippen LogP contribution in [0.5, 0.6) is 0 Å². The summed E-state index contributed by atoms with van der Waals surface area (Å²) in [5, 5.41) is 6.76. The van der Waals surface area contributed by atoms with E-state index in [0.717, 1.165) is 37.1 Å². The predicted octanol–water partition coefficient (Wildman–Crippen LogP) is 3.03. The third kappa shape index (κ3) is 3.99. The van der Waals surface area contributed by atoms with E-state index in [2.05, 4.69) is 5.32 Å². The SMILES string of the molecule is O=C(NCC1CCN(C(=O)c2ccccc2)CC1)c1ccsc1. The molecule has 3 rings (SSSR count). The van der Waals surface area contributed by atoms with Crippen molar-refractivity contribution in [2.75, 3.05) is 19.6 Å². The van der Waals surface area contributed by atoms with E-state index in [9.17, 15) is 9.59 Å². The third-order valence-electron chi connectivity index (χ3n) is 4.26. The zero-order chi connectivity index (χ0) is 16.1. The Labute approximate surface area is 140 Å². The van der Waals surface area contributed by atoms with Crippen LogP contribution >= 0.6 is 11.3 Å². The van der Waals surface area contributed by atoms with Crippen molar-refractivity contribution in [3.63, 3.8) is 0 Å². The lowest BCUT2D eigenvalue weighted by atomic mass is 9.96. The average molecular weight is 328 g/mol. The van der Waals surface area contributed by atoms with Gasteiger partial charge in [0.2, 0.25) is 0 Å². The van der Waals surface area contributed by atoms with Gasteiger partial charge in [0.1, 0.15) is 0 Å². The first kappa shape index (κ1) is 15.7. The standard InChI is InChI=1S/C18H20N2O2S/c21-17(16-8-11-23-13-16)19-12-14-6-9-20(10-7-14)18(22)15-4-2-1-3-5-15/h1-5,8,11,13-14H,6-7,9-10,12H2,(H,19,21). The van der Waals surface area contributed by atoms with Crippen LogP contribution in [0.3, 0.4) is 0 Å². The molecule has 2 amide bonds.